The fourth-order valence-electron chi connectivity index (χ4n) is 6.31. The van der Waals surface area contributed by atoms with Crippen LogP contribution >= 0.6 is 0 Å². The monoisotopic (exact) mass is 395 g/mol. The molecule has 0 spiro atoms. The highest BCUT2D eigenvalue weighted by molar-refractivity contribution is 5.42. The molecule has 0 bridgehead atoms. The number of aromatic nitrogens is 1. The molecular weight excluding hydrogens is 362 g/mol. The van der Waals surface area contributed by atoms with Crippen LogP contribution in [-0.2, 0) is 5.60 Å². The molecule has 0 amide bonds. The van der Waals surface area contributed by atoms with Gasteiger partial charge in [-0.2, -0.15) is 0 Å². The second kappa shape index (κ2) is 6.71. The van der Waals surface area contributed by atoms with E-state index in [2.05, 4.69) is 55.5 Å². The van der Waals surface area contributed by atoms with Crippen molar-refractivity contribution < 1.29 is 10.2 Å². The molecule has 0 atom stereocenters. The quantitative estimate of drug-likeness (QED) is 0.832. The number of aryl methyl sites for hydroxylation is 1. The Morgan fingerprint density at radius 1 is 0.931 bits per heavy atom. The second-order valence-electron chi connectivity index (χ2n) is 9.82. The van der Waals surface area contributed by atoms with Crippen LogP contribution in [0.15, 0.2) is 42.6 Å². The van der Waals surface area contributed by atoms with E-state index in [1.807, 2.05) is 24.4 Å². The van der Waals surface area contributed by atoms with Crippen molar-refractivity contribution in [3.05, 3.63) is 53.7 Å². The molecule has 2 fully saturated rings. The van der Waals surface area contributed by atoms with Crippen LogP contribution in [0.2, 0.25) is 0 Å². The number of phenols is 1. The number of rotatable bonds is 3. The van der Waals surface area contributed by atoms with Gasteiger partial charge in [0.15, 0.2) is 0 Å². The van der Waals surface area contributed by atoms with Crippen LogP contribution in [0.4, 0.5) is 5.82 Å². The Balaban J connectivity index is 1.54. The number of nitrogens with zero attached hydrogens (tertiary/aromatic N) is 3. The molecule has 2 heterocycles. The van der Waals surface area contributed by atoms with Gasteiger partial charge < -0.3 is 15.1 Å². The summed E-state index contributed by atoms with van der Waals surface area (Å²) >= 11 is 0. The number of piperazine rings is 1. The summed E-state index contributed by atoms with van der Waals surface area (Å²) < 4.78 is 0. The highest BCUT2D eigenvalue weighted by Crippen LogP contribution is 2.68. The van der Waals surface area contributed by atoms with Gasteiger partial charge in [0.25, 0.3) is 0 Å². The molecule has 1 aromatic carbocycles. The third-order valence-electron chi connectivity index (χ3n) is 7.42. The van der Waals surface area contributed by atoms with Crippen LogP contribution in [0.1, 0.15) is 38.8 Å². The predicted molar refractivity (Wildman–Crippen MR) is 116 cm³/mol. The molecule has 1 aliphatic heterocycles. The third-order valence-corrected chi connectivity index (χ3v) is 7.42. The van der Waals surface area contributed by atoms with Crippen molar-refractivity contribution in [3.63, 3.8) is 0 Å². The van der Waals surface area contributed by atoms with E-state index in [0.717, 1.165) is 37.6 Å². The smallest absolute Gasteiger partial charge is 0.128 e. The first-order valence-electron chi connectivity index (χ1n) is 10.5. The standard InChI is InChI=1S/C24H33N3O2/c1-17-10-11-25-20(16-17)26-12-14-27(15-13-26)21-22(2,3)24(29,23(21,4)5)18-6-8-19(28)9-7-18/h6-11,16,21,28-29H,12-15H2,1-5H3. The van der Waals surface area contributed by atoms with Gasteiger partial charge in [0.2, 0.25) is 0 Å². The van der Waals surface area contributed by atoms with Gasteiger partial charge in [0.1, 0.15) is 17.2 Å². The fraction of sp³-hybridized carbons (Fsp3) is 0.542. The van der Waals surface area contributed by atoms with E-state index in [1.54, 1.807) is 12.1 Å². The molecule has 29 heavy (non-hydrogen) atoms. The Hall–Kier alpha value is -2.11. The summed E-state index contributed by atoms with van der Waals surface area (Å²) in [6.45, 7) is 14.6. The Kier molecular flexibility index (Phi) is 4.67. The summed E-state index contributed by atoms with van der Waals surface area (Å²) in [5, 5.41) is 21.5. The molecule has 5 nitrogen and oxygen atoms in total. The summed E-state index contributed by atoms with van der Waals surface area (Å²) in [6, 6.07) is 11.5. The summed E-state index contributed by atoms with van der Waals surface area (Å²) in [5.41, 5.74) is 0.545. The lowest BCUT2D eigenvalue weighted by Gasteiger charge is -2.72. The molecule has 1 aliphatic carbocycles. The van der Waals surface area contributed by atoms with Crippen LogP contribution in [0.25, 0.3) is 0 Å². The topological polar surface area (TPSA) is 59.8 Å². The number of anilines is 1. The van der Waals surface area contributed by atoms with Crippen molar-refractivity contribution >= 4 is 5.82 Å². The molecule has 5 heteroatoms. The Morgan fingerprint density at radius 3 is 2.07 bits per heavy atom. The molecule has 156 valence electrons. The molecule has 1 saturated heterocycles. The molecule has 4 rings (SSSR count). The second-order valence-corrected chi connectivity index (χ2v) is 9.82. The summed E-state index contributed by atoms with van der Waals surface area (Å²) in [7, 11) is 0. The van der Waals surface area contributed by atoms with Gasteiger partial charge in [-0.05, 0) is 42.3 Å². The zero-order valence-electron chi connectivity index (χ0n) is 18.2. The largest absolute Gasteiger partial charge is 0.508 e. The lowest BCUT2D eigenvalue weighted by Crippen LogP contribution is -2.79. The van der Waals surface area contributed by atoms with E-state index in [1.165, 1.54) is 5.56 Å². The predicted octanol–water partition coefficient (Wildman–Crippen LogP) is 3.54. The zero-order valence-corrected chi connectivity index (χ0v) is 18.2. The Morgan fingerprint density at radius 2 is 1.52 bits per heavy atom. The van der Waals surface area contributed by atoms with Gasteiger partial charge in [0.05, 0.1) is 0 Å². The van der Waals surface area contributed by atoms with E-state index in [0.29, 0.717) is 0 Å². The highest BCUT2D eigenvalue weighted by atomic mass is 16.3. The van der Waals surface area contributed by atoms with Crippen LogP contribution in [0.5, 0.6) is 5.75 Å². The minimum Gasteiger partial charge on any atom is -0.508 e. The average Bonchev–Trinajstić information content (AvgIpc) is 2.68. The van der Waals surface area contributed by atoms with E-state index in [4.69, 9.17) is 0 Å². The molecule has 2 aliphatic rings. The summed E-state index contributed by atoms with van der Waals surface area (Å²) in [4.78, 5) is 9.44. The number of benzene rings is 1. The van der Waals surface area contributed by atoms with E-state index < -0.39 is 5.60 Å². The van der Waals surface area contributed by atoms with Crippen molar-refractivity contribution in [1.82, 2.24) is 9.88 Å². The van der Waals surface area contributed by atoms with Gasteiger partial charge in [-0.3, -0.25) is 4.90 Å². The van der Waals surface area contributed by atoms with E-state index >= 15 is 0 Å². The van der Waals surface area contributed by atoms with Crippen molar-refractivity contribution in [1.29, 1.82) is 0 Å². The summed E-state index contributed by atoms with van der Waals surface area (Å²) in [5.74, 6) is 1.28. The number of pyridine rings is 1. The SMILES string of the molecule is Cc1ccnc(N2CCN(C3C(C)(C)C(O)(c4ccc(O)cc4)C3(C)C)CC2)c1. The zero-order chi connectivity index (χ0) is 21.0. The molecular formula is C24H33N3O2. The van der Waals surface area contributed by atoms with Crippen molar-refractivity contribution in [2.24, 2.45) is 10.8 Å². The van der Waals surface area contributed by atoms with Crippen molar-refractivity contribution in [3.8, 4) is 5.75 Å². The molecule has 0 radical (unpaired) electrons. The number of aliphatic hydroxyl groups is 1. The highest BCUT2D eigenvalue weighted by Gasteiger charge is 2.73. The normalized spacial score (nSPS) is 28.8. The van der Waals surface area contributed by atoms with Gasteiger partial charge in [-0.15, -0.1) is 0 Å². The van der Waals surface area contributed by atoms with E-state index in [-0.39, 0.29) is 22.6 Å². The molecule has 1 aromatic heterocycles. The van der Waals surface area contributed by atoms with Crippen LogP contribution < -0.4 is 4.90 Å². The molecule has 2 N–H and O–H groups in total. The number of aromatic hydroxyl groups is 1. The minimum absolute atomic E-state index is 0.227. The summed E-state index contributed by atoms with van der Waals surface area (Å²) in [6.07, 6.45) is 1.88. The Bertz CT molecular complexity index is 867. The Labute approximate surface area is 174 Å². The van der Waals surface area contributed by atoms with Gasteiger partial charge in [-0.1, -0.05) is 39.8 Å². The first-order valence-corrected chi connectivity index (χ1v) is 10.5. The molecule has 1 saturated carbocycles. The fourth-order valence-corrected chi connectivity index (χ4v) is 6.31. The van der Waals surface area contributed by atoms with Gasteiger partial charge >= 0.3 is 0 Å². The van der Waals surface area contributed by atoms with E-state index in [9.17, 15) is 10.2 Å². The number of phenolic OH excluding ortho intramolecular Hbond substituents is 1. The molecule has 0 unspecified atom stereocenters. The van der Waals surface area contributed by atoms with Crippen LogP contribution in [-0.4, -0.2) is 52.3 Å². The first kappa shape index (κ1) is 20.2. The number of hydrogen-bond donors (Lipinski definition) is 2. The van der Waals surface area contributed by atoms with Gasteiger partial charge in [0, 0.05) is 49.2 Å². The van der Waals surface area contributed by atoms with Crippen LogP contribution in [0.3, 0.4) is 0 Å². The molecule has 2 aromatic rings. The van der Waals surface area contributed by atoms with Crippen LogP contribution in [0, 0.1) is 17.8 Å². The first-order chi connectivity index (χ1) is 13.6. The third kappa shape index (κ3) is 2.86. The van der Waals surface area contributed by atoms with Crippen molar-refractivity contribution in [2.75, 3.05) is 31.1 Å². The lowest BCUT2D eigenvalue weighted by molar-refractivity contribution is -0.307. The maximum Gasteiger partial charge on any atom is 0.128 e. The average molecular weight is 396 g/mol. The maximum absolute atomic E-state index is 11.9. The van der Waals surface area contributed by atoms with Crippen molar-refractivity contribution in [2.45, 2.75) is 46.3 Å². The maximum atomic E-state index is 11.9. The lowest BCUT2D eigenvalue weighted by atomic mass is 9.39. The van der Waals surface area contributed by atoms with Gasteiger partial charge in [-0.25, -0.2) is 4.98 Å². The minimum atomic E-state index is -0.951. The number of hydrogen-bond acceptors (Lipinski definition) is 5.